The van der Waals surface area contributed by atoms with E-state index in [0.29, 0.717) is 143 Å². The Morgan fingerprint density at radius 1 is 0.438 bits per heavy atom. The second-order valence-electron chi connectivity index (χ2n) is 22.1. The molecule has 6 amide bonds. The molecular formula is C60H100N8O12. The van der Waals surface area contributed by atoms with Gasteiger partial charge in [-0.3, -0.25) is 19.2 Å². The molecule has 4 aliphatic heterocycles. The first-order valence-corrected chi connectivity index (χ1v) is 29.7. The topological polar surface area (TPSA) is 236 Å². The Balaban J connectivity index is 2.00. The zero-order chi connectivity index (χ0) is 58.8. The largest absolute Gasteiger partial charge is 0.489 e. The van der Waals surface area contributed by atoms with Crippen LogP contribution >= 0.6 is 0 Å². The molecule has 20 nitrogen and oxygen atoms in total. The number of alkyl carbamates (subject to hydrolysis) is 2. The molecule has 0 radical (unpaired) electrons. The van der Waals surface area contributed by atoms with E-state index in [0.717, 1.165) is 51.4 Å². The minimum absolute atomic E-state index is 0.231. The molecule has 0 spiro atoms. The van der Waals surface area contributed by atoms with Gasteiger partial charge in [-0.2, -0.15) is 0 Å². The number of nitrogens with zero attached hydrogens (tertiary/aromatic N) is 2. The van der Waals surface area contributed by atoms with Crippen molar-refractivity contribution in [2.24, 2.45) is 0 Å². The van der Waals surface area contributed by atoms with Gasteiger partial charge in [0.05, 0.1) is 48.7 Å². The minimum Gasteiger partial charge on any atom is -0.489 e. The Kier molecular flexibility index (Phi) is 32.3. The number of nitrogens with one attached hydrogen (secondary N) is 6. The van der Waals surface area contributed by atoms with Crippen LogP contribution in [0.4, 0.5) is 9.59 Å². The molecule has 2 aromatic carbocycles. The van der Waals surface area contributed by atoms with Gasteiger partial charge in [-0.1, -0.05) is 53.4 Å². The summed E-state index contributed by atoms with van der Waals surface area (Å²) in [6, 6.07) is 6.48. The zero-order valence-corrected chi connectivity index (χ0v) is 50.3. The number of ether oxygens (including phenoxy) is 6. The molecule has 0 saturated carbocycles. The van der Waals surface area contributed by atoms with Crippen LogP contribution in [0.1, 0.15) is 201 Å². The summed E-state index contributed by atoms with van der Waals surface area (Å²) in [7, 11) is 0. The van der Waals surface area contributed by atoms with Crippen molar-refractivity contribution in [3.05, 3.63) is 46.5 Å². The summed E-state index contributed by atoms with van der Waals surface area (Å²) in [5.41, 5.74) is -0.175. The summed E-state index contributed by atoms with van der Waals surface area (Å²) in [5, 5.41) is 18.0. The Hall–Kier alpha value is -6.02. The summed E-state index contributed by atoms with van der Waals surface area (Å²) in [5.74, 6) is -0.501. The fourth-order valence-corrected chi connectivity index (χ4v) is 8.37. The van der Waals surface area contributed by atoms with Gasteiger partial charge in [0, 0.05) is 39.3 Å². The minimum atomic E-state index is -0.626. The average Bonchev–Trinajstić information content (AvgIpc) is 3.40. The lowest BCUT2D eigenvalue weighted by atomic mass is 10.1. The Bertz CT molecular complexity index is 1930. The molecule has 0 fully saturated rings. The predicted octanol–water partition coefficient (Wildman–Crippen LogP) is 9.03. The van der Waals surface area contributed by atoms with Gasteiger partial charge in [-0.25, -0.2) is 9.59 Å². The quantitative estimate of drug-likeness (QED) is 0.0538. The number of carbonyl (C=O) groups excluding carboxylic acids is 6. The van der Waals surface area contributed by atoms with E-state index in [-0.39, 0.29) is 68.9 Å². The molecule has 0 saturated heterocycles. The molecule has 0 unspecified atom stereocenters. The van der Waals surface area contributed by atoms with Crippen molar-refractivity contribution in [2.45, 2.75) is 170 Å². The molecule has 452 valence electrons. The summed E-state index contributed by atoms with van der Waals surface area (Å²) in [6.07, 6.45) is 8.99. The second kappa shape index (κ2) is 37.8. The predicted molar refractivity (Wildman–Crippen MR) is 313 cm³/mol. The summed E-state index contributed by atoms with van der Waals surface area (Å²) >= 11 is 0. The molecule has 0 aromatic heterocycles. The van der Waals surface area contributed by atoms with E-state index in [1.165, 1.54) is 0 Å². The fourth-order valence-electron chi connectivity index (χ4n) is 8.37. The van der Waals surface area contributed by atoms with Gasteiger partial charge in [0.15, 0.2) is 23.0 Å². The van der Waals surface area contributed by atoms with Crippen LogP contribution in [0.3, 0.4) is 0 Å². The molecular weight excluding hydrogens is 1020 g/mol. The average molecular weight is 1130 g/mol. The number of hydrogen-bond donors (Lipinski definition) is 6. The summed E-state index contributed by atoms with van der Waals surface area (Å²) in [6.45, 7) is 26.2. The molecule has 0 aliphatic carbocycles. The standard InChI is InChI=1S/C60H100N8O12/c1-11-15-41-75-49-45-25-26-46(50(49)76-42-16-12-2)54(70)62-30-20-36-68(40-24-34-66-58(74)80-60(8,9)10)38-22-32-64-56(72)48-28-27-47(51(77-43-17-13-3)52(48)78-44-18-14-4)55(71)63-31-21-37-67(35-19-29-61-53(45)69)39-23-33-65-57(73)79-59(5,6)7/h25-28H,11-24,29-44H2,1-10H3,(H,61,69)(H,62,70)(H,63,71)(H,64,72)(H,65,73)(H,66,74). The van der Waals surface area contributed by atoms with Crippen molar-refractivity contribution in [3.8, 4) is 23.0 Å². The molecule has 4 heterocycles. The molecule has 4 bridgehead atoms. The first kappa shape index (κ1) is 68.3. The van der Waals surface area contributed by atoms with Crippen LogP contribution in [-0.4, -0.2) is 162 Å². The van der Waals surface area contributed by atoms with Crippen LogP contribution in [0, 0.1) is 0 Å². The van der Waals surface area contributed by atoms with E-state index in [4.69, 9.17) is 28.4 Å². The van der Waals surface area contributed by atoms with Gasteiger partial charge in [0.2, 0.25) is 0 Å². The van der Waals surface area contributed by atoms with Crippen molar-refractivity contribution in [1.82, 2.24) is 41.7 Å². The van der Waals surface area contributed by atoms with Crippen molar-refractivity contribution < 1.29 is 57.2 Å². The van der Waals surface area contributed by atoms with E-state index in [9.17, 15) is 28.8 Å². The van der Waals surface area contributed by atoms with Crippen LogP contribution in [-0.2, 0) is 9.47 Å². The first-order valence-electron chi connectivity index (χ1n) is 29.7. The number of benzene rings is 2. The smallest absolute Gasteiger partial charge is 0.407 e. The second-order valence-corrected chi connectivity index (χ2v) is 22.1. The van der Waals surface area contributed by atoms with E-state index in [1.807, 2.05) is 69.2 Å². The van der Waals surface area contributed by atoms with E-state index in [1.54, 1.807) is 24.3 Å². The number of rotatable bonds is 24. The number of hydrogen-bond acceptors (Lipinski definition) is 14. The number of unbranched alkanes of at least 4 members (excludes halogenated alkanes) is 4. The number of amides is 6. The zero-order valence-electron chi connectivity index (χ0n) is 50.3. The van der Waals surface area contributed by atoms with Crippen molar-refractivity contribution in [2.75, 3.05) is 105 Å². The Morgan fingerprint density at radius 2 is 0.688 bits per heavy atom. The van der Waals surface area contributed by atoms with Crippen LogP contribution < -0.4 is 50.8 Å². The third-order valence-electron chi connectivity index (χ3n) is 12.6. The highest BCUT2D eigenvalue weighted by molar-refractivity contribution is 6.04. The molecule has 6 rings (SSSR count). The summed E-state index contributed by atoms with van der Waals surface area (Å²) in [4.78, 5) is 85.7. The van der Waals surface area contributed by atoms with Gasteiger partial charge < -0.3 is 70.1 Å². The van der Waals surface area contributed by atoms with Crippen LogP contribution in [0.15, 0.2) is 24.3 Å². The maximum atomic E-state index is 14.1. The lowest BCUT2D eigenvalue weighted by molar-refractivity contribution is 0.0514. The highest BCUT2D eigenvalue weighted by atomic mass is 16.6. The van der Waals surface area contributed by atoms with Gasteiger partial charge in [-0.15, -0.1) is 0 Å². The molecule has 20 heteroatoms. The lowest BCUT2D eigenvalue weighted by Gasteiger charge is -2.24. The van der Waals surface area contributed by atoms with Gasteiger partial charge >= 0.3 is 12.2 Å². The molecule has 4 aliphatic rings. The molecule has 6 N–H and O–H groups in total. The SMILES string of the molecule is CCCCOc1c2ccc(c1OCCCC)C(=O)NCCCN(CCCNC(=O)OC(C)(C)C)CCCNC(=O)c1ccc(c(OCCCC)c1OCCCC)C(=O)NCCCN(CCCNC(=O)OC(C)(C)C)CCCNC2=O. The monoisotopic (exact) mass is 1120 g/mol. The fraction of sp³-hybridized carbons (Fsp3) is 0.700. The van der Waals surface area contributed by atoms with Gasteiger partial charge in [0.25, 0.3) is 23.6 Å². The van der Waals surface area contributed by atoms with Crippen molar-refractivity contribution in [3.63, 3.8) is 0 Å². The normalized spacial score (nSPS) is 15.4. The van der Waals surface area contributed by atoms with Crippen molar-refractivity contribution in [1.29, 1.82) is 0 Å². The van der Waals surface area contributed by atoms with Crippen LogP contribution in [0.5, 0.6) is 23.0 Å². The highest BCUT2D eigenvalue weighted by Crippen LogP contribution is 2.37. The van der Waals surface area contributed by atoms with E-state index in [2.05, 4.69) is 41.7 Å². The van der Waals surface area contributed by atoms with E-state index >= 15 is 0 Å². The highest BCUT2D eigenvalue weighted by Gasteiger charge is 2.27. The number of carbonyl (C=O) groups is 6. The maximum Gasteiger partial charge on any atom is 0.407 e. The summed E-state index contributed by atoms with van der Waals surface area (Å²) < 4.78 is 36.2. The lowest BCUT2D eigenvalue weighted by Crippen LogP contribution is -2.36. The molecule has 2 aromatic rings. The van der Waals surface area contributed by atoms with Crippen LogP contribution in [0.2, 0.25) is 0 Å². The third-order valence-corrected chi connectivity index (χ3v) is 12.6. The molecule has 80 heavy (non-hydrogen) atoms. The Labute approximate surface area is 477 Å². The van der Waals surface area contributed by atoms with E-state index < -0.39 is 23.4 Å². The maximum absolute atomic E-state index is 14.1. The van der Waals surface area contributed by atoms with Crippen molar-refractivity contribution >= 4 is 35.8 Å². The van der Waals surface area contributed by atoms with Gasteiger partial charge in [-0.05, 0) is 169 Å². The molecule has 0 atom stereocenters. The van der Waals surface area contributed by atoms with Gasteiger partial charge in [0.1, 0.15) is 11.2 Å². The first-order chi connectivity index (χ1) is 38.3. The van der Waals surface area contributed by atoms with Crippen LogP contribution in [0.25, 0.3) is 0 Å². The third kappa shape index (κ3) is 27.0. The Morgan fingerprint density at radius 3 is 0.912 bits per heavy atom.